The van der Waals surface area contributed by atoms with Gasteiger partial charge in [-0.05, 0) is 12.1 Å². The number of fused-ring (bicyclic) bond motifs is 1. The number of para-hydroxylation sites is 1. The van der Waals surface area contributed by atoms with Gasteiger partial charge in [-0.2, -0.15) is 0 Å². The van der Waals surface area contributed by atoms with E-state index in [1.54, 1.807) is 6.07 Å². The highest BCUT2D eigenvalue weighted by Gasteiger charge is 2.23. The Morgan fingerprint density at radius 1 is 0.885 bits per heavy atom. The fourth-order valence-corrected chi connectivity index (χ4v) is 3.60. The predicted octanol–water partition coefficient (Wildman–Crippen LogP) is 3.31. The van der Waals surface area contributed by atoms with Gasteiger partial charge in [0.15, 0.2) is 11.5 Å². The van der Waals surface area contributed by atoms with Crippen LogP contribution in [0.25, 0.3) is 10.8 Å². The Labute approximate surface area is 155 Å². The van der Waals surface area contributed by atoms with Gasteiger partial charge < -0.3 is 14.9 Å². The van der Waals surface area contributed by atoms with Gasteiger partial charge in [-0.1, -0.05) is 48.0 Å². The Morgan fingerprint density at radius 3 is 2.19 bits per heavy atom. The third kappa shape index (κ3) is 2.93. The van der Waals surface area contributed by atoms with E-state index in [0.29, 0.717) is 5.39 Å². The van der Waals surface area contributed by atoms with Crippen molar-refractivity contribution in [3.63, 3.8) is 0 Å². The van der Waals surface area contributed by atoms with Crippen LogP contribution in [0.4, 0.5) is 11.5 Å². The maximum Gasteiger partial charge on any atom is 0.357 e. The number of hydrogen-bond donors (Lipinski definition) is 1. The summed E-state index contributed by atoms with van der Waals surface area (Å²) in [6.07, 6.45) is 0. The molecule has 1 saturated heterocycles. The zero-order valence-electron chi connectivity index (χ0n) is 14.0. The summed E-state index contributed by atoms with van der Waals surface area (Å²) in [5, 5.41) is 19.7. The first kappa shape index (κ1) is 16.6. The quantitative estimate of drug-likeness (QED) is 0.764. The molecule has 132 valence electrons. The Hall–Kier alpha value is -2.86. The molecule has 1 N–H and O–H groups in total. The van der Waals surface area contributed by atoms with Crippen molar-refractivity contribution in [2.45, 2.75) is 0 Å². The minimum atomic E-state index is -1.07. The summed E-state index contributed by atoms with van der Waals surface area (Å²) in [5.41, 5.74) is 1.02. The van der Waals surface area contributed by atoms with Gasteiger partial charge in [-0.3, -0.25) is 0 Å². The lowest BCUT2D eigenvalue weighted by Gasteiger charge is -2.37. The van der Waals surface area contributed by atoms with Crippen LogP contribution in [-0.2, 0) is 0 Å². The lowest BCUT2D eigenvalue weighted by molar-refractivity contribution is 0.0691. The van der Waals surface area contributed by atoms with Gasteiger partial charge in [-0.15, -0.1) is 10.2 Å². The molecule has 2 heterocycles. The minimum Gasteiger partial charge on any atom is -0.476 e. The molecule has 4 rings (SSSR count). The van der Waals surface area contributed by atoms with E-state index >= 15 is 0 Å². The van der Waals surface area contributed by atoms with Gasteiger partial charge in [0.1, 0.15) is 0 Å². The molecule has 0 aliphatic carbocycles. The summed E-state index contributed by atoms with van der Waals surface area (Å²) in [6, 6.07) is 15.2. The number of benzene rings is 2. The number of aromatic nitrogens is 2. The number of carboxylic acids is 1. The molecule has 26 heavy (non-hydrogen) atoms. The molecular weight excluding hydrogens is 352 g/mol. The minimum absolute atomic E-state index is 0.0148. The monoisotopic (exact) mass is 368 g/mol. The van der Waals surface area contributed by atoms with E-state index in [2.05, 4.69) is 20.0 Å². The van der Waals surface area contributed by atoms with E-state index < -0.39 is 5.97 Å². The Kier molecular flexibility index (Phi) is 4.34. The zero-order valence-corrected chi connectivity index (χ0v) is 14.7. The van der Waals surface area contributed by atoms with Crippen molar-refractivity contribution in [3.05, 3.63) is 59.2 Å². The van der Waals surface area contributed by atoms with Crippen molar-refractivity contribution in [2.24, 2.45) is 0 Å². The van der Waals surface area contributed by atoms with Gasteiger partial charge >= 0.3 is 5.97 Å². The lowest BCUT2D eigenvalue weighted by Crippen LogP contribution is -2.47. The maximum absolute atomic E-state index is 11.4. The van der Waals surface area contributed by atoms with Crippen LogP contribution in [0.1, 0.15) is 10.5 Å². The van der Waals surface area contributed by atoms with Crippen molar-refractivity contribution in [2.75, 3.05) is 36.0 Å². The number of halogens is 1. The van der Waals surface area contributed by atoms with Crippen molar-refractivity contribution in [1.82, 2.24) is 10.2 Å². The van der Waals surface area contributed by atoms with Crippen LogP contribution in [-0.4, -0.2) is 47.5 Å². The molecule has 6 nitrogen and oxygen atoms in total. The first-order valence-electron chi connectivity index (χ1n) is 8.38. The van der Waals surface area contributed by atoms with Crippen molar-refractivity contribution in [1.29, 1.82) is 0 Å². The van der Waals surface area contributed by atoms with Gasteiger partial charge in [0, 0.05) is 37.0 Å². The summed E-state index contributed by atoms with van der Waals surface area (Å²) in [4.78, 5) is 15.8. The maximum atomic E-state index is 11.4. The fraction of sp³-hybridized carbons (Fsp3) is 0.211. The number of carboxylic acid groups (broad SMARTS) is 1. The second kappa shape index (κ2) is 6.80. The highest BCUT2D eigenvalue weighted by atomic mass is 35.5. The average Bonchev–Trinajstić information content (AvgIpc) is 2.67. The van der Waals surface area contributed by atoms with Crippen LogP contribution in [0, 0.1) is 0 Å². The summed E-state index contributed by atoms with van der Waals surface area (Å²) in [6.45, 7) is 3.13. The first-order valence-corrected chi connectivity index (χ1v) is 8.76. The number of piperazine rings is 1. The fourth-order valence-electron chi connectivity index (χ4n) is 3.35. The smallest absolute Gasteiger partial charge is 0.357 e. The summed E-state index contributed by atoms with van der Waals surface area (Å²) in [7, 11) is 0. The summed E-state index contributed by atoms with van der Waals surface area (Å²) >= 11 is 6.30. The van der Waals surface area contributed by atoms with E-state index in [-0.39, 0.29) is 5.69 Å². The molecule has 0 amide bonds. The van der Waals surface area contributed by atoms with Crippen molar-refractivity contribution < 1.29 is 9.90 Å². The number of hydrogen-bond acceptors (Lipinski definition) is 5. The molecule has 0 unspecified atom stereocenters. The second-order valence-corrected chi connectivity index (χ2v) is 6.56. The molecule has 0 bridgehead atoms. The molecule has 0 saturated carbocycles. The molecule has 3 aromatic rings. The molecule has 0 spiro atoms. The van der Waals surface area contributed by atoms with Gasteiger partial charge in [0.05, 0.1) is 10.7 Å². The Balaban J connectivity index is 1.62. The van der Waals surface area contributed by atoms with E-state index in [1.807, 2.05) is 42.5 Å². The first-order chi connectivity index (χ1) is 12.6. The largest absolute Gasteiger partial charge is 0.476 e. The van der Waals surface area contributed by atoms with Crippen LogP contribution in [0.2, 0.25) is 5.02 Å². The highest BCUT2D eigenvalue weighted by molar-refractivity contribution is 6.33. The van der Waals surface area contributed by atoms with Crippen LogP contribution in [0.5, 0.6) is 0 Å². The van der Waals surface area contributed by atoms with Gasteiger partial charge in [0.2, 0.25) is 0 Å². The van der Waals surface area contributed by atoms with Crippen molar-refractivity contribution >= 4 is 39.8 Å². The van der Waals surface area contributed by atoms with Crippen LogP contribution >= 0.6 is 11.6 Å². The number of anilines is 2. The molecule has 7 heteroatoms. The standard InChI is InChI=1S/C19H17ClN4O2/c20-15-7-3-4-8-16(15)23-9-11-24(12-10-23)18-14-6-2-1-5-13(14)17(19(25)26)21-22-18/h1-8H,9-12H2,(H,25,26). The third-order valence-corrected chi connectivity index (χ3v) is 4.96. The summed E-state index contributed by atoms with van der Waals surface area (Å²) in [5.74, 6) is -0.340. The topological polar surface area (TPSA) is 69.6 Å². The van der Waals surface area contributed by atoms with E-state index in [1.165, 1.54) is 0 Å². The lowest BCUT2D eigenvalue weighted by atomic mass is 10.1. The molecule has 1 aliphatic heterocycles. The molecular formula is C19H17ClN4O2. The van der Waals surface area contributed by atoms with Crippen LogP contribution < -0.4 is 9.80 Å². The Morgan fingerprint density at radius 2 is 1.50 bits per heavy atom. The van der Waals surface area contributed by atoms with Crippen molar-refractivity contribution in [3.8, 4) is 0 Å². The molecule has 2 aromatic carbocycles. The molecule has 1 aliphatic rings. The zero-order chi connectivity index (χ0) is 18.1. The molecule has 0 radical (unpaired) electrons. The van der Waals surface area contributed by atoms with E-state index in [4.69, 9.17) is 11.6 Å². The normalized spacial score (nSPS) is 14.7. The third-order valence-electron chi connectivity index (χ3n) is 4.64. The molecule has 1 aromatic heterocycles. The van der Waals surface area contributed by atoms with Gasteiger partial charge in [-0.25, -0.2) is 4.79 Å². The second-order valence-electron chi connectivity index (χ2n) is 6.15. The number of aromatic carboxylic acids is 1. The van der Waals surface area contributed by atoms with Crippen LogP contribution in [0.3, 0.4) is 0 Å². The summed E-state index contributed by atoms with van der Waals surface area (Å²) < 4.78 is 0. The van der Waals surface area contributed by atoms with Gasteiger partial charge in [0.25, 0.3) is 0 Å². The highest BCUT2D eigenvalue weighted by Crippen LogP contribution is 2.29. The average molecular weight is 369 g/mol. The number of nitrogens with zero attached hydrogens (tertiary/aromatic N) is 4. The SMILES string of the molecule is O=C(O)c1nnc(N2CCN(c3ccccc3Cl)CC2)c2ccccc12. The van der Waals surface area contributed by atoms with Crippen LogP contribution in [0.15, 0.2) is 48.5 Å². The molecule has 1 fully saturated rings. The van der Waals surface area contributed by atoms with E-state index in [9.17, 15) is 9.90 Å². The Bertz CT molecular complexity index is 971. The predicted molar refractivity (Wildman–Crippen MR) is 102 cm³/mol. The number of carbonyl (C=O) groups is 1. The number of rotatable bonds is 3. The molecule has 0 atom stereocenters. The van der Waals surface area contributed by atoms with E-state index in [0.717, 1.165) is 48.1 Å².